The monoisotopic (exact) mass is 191 g/mol. The maximum absolute atomic E-state index is 11.2. The first-order valence-electron chi connectivity index (χ1n) is 4.14. The normalized spacial score (nSPS) is 17.2. The van der Waals surface area contributed by atoms with E-state index in [2.05, 4.69) is 20.5 Å². The molecule has 1 saturated heterocycles. The molecule has 2 N–H and O–H groups in total. The van der Waals surface area contributed by atoms with Gasteiger partial charge in [-0.25, -0.2) is 0 Å². The van der Waals surface area contributed by atoms with Gasteiger partial charge in [0.15, 0.2) is 6.79 Å². The van der Waals surface area contributed by atoms with E-state index in [0.717, 1.165) is 13.1 Å². The van der Waals surface area contributed by atoms with Gasteiger partial charge in [0.1, 0.15) is 0 Å². The highest BCUT2D eigenvalue weighted by Gasteiger charge is 2.22. The van der Waals surface area contributed by atoms with Crippen LogP contribution in [-0.2, 0) is 9.57 Å². The van der Waals surface area contributed by atoms with Crippen LogP contribution < -0.4 is 10.9 Å². The van der Waals surface area contributed by atoms with Gasteiger partial charge in [-0.15, -0.1) is 5.01 Å². The Labute approximate surface area is 76.4 Å². The van der Waals surface area contributed by atoms with Crippen molar-refractivity contribution in [2.24, 2.45) is 0 Å². The summed E-state index contributed by atoms with van der Waals surface area (Å²) in [6.45, 7) is 3.01. The number of hydrogen-bond acceptors (Lipinski definition) is 4. The summed E-state index contributed by atoms with van der Waals surface area (Å²) in [6, 6.07) is 0. The number of methoxy groups -OCH3 is 1. The molecule has 1 aliphatic rings. The second kappa shape index (κ2) is 5.68. The van der Waals surface area contributed by atoms with Gasteiger partial charge < -0.3 is 10.1 Å². The van der Waals surface area contributed by atoms with Crippen LogP contribution in [0.1, 0.15) is 0 Å². The van der Waals surface area contributed by atoms with Gasteiger partial charge in [-0.1, -0.05) is 0 Å². The lowest BCUT2D eigenvalue weighted by Crippen LogP contribution is -2.51. The molecule has 0 aliphatic carbocycles. The quantitative estimate of drug-likeness (QED) is 0.242. The van der Waals surface area contributed by atoms with E-state index in [9.17, 15) is 4.91 Å². The summed E-state index contributed by atoms with van der Waals surface area (Å²) in [5.74, 6) is 0. The molecule has 0 aromatic carbocycles. The molecule has 13 heavy (non-hydrogen) atoms. The Morgan fingerprint density at radius 3 is 2.85 bits per heavy atom. The number of ether oxygens (including phenoxy) is 1. The molecule has 1 rings (SSSR count). The number of rotatable bonds is 5. The van der Waals surface area contributed by atoms with E-state index in [0.29, 0.717) is 18.1 Å². The largest absolute Gasteiger partial charge is 0.356 e. The molecular formula is C6H15N4O3+. The minimum atomic E-state index is 0.0465. The molecule has 0 unspecified atom stereocenters. The van der Waals surface area contributed by atoms with E-state index in [-0.39, 0.29) is 6.79 Å². The van der Waals surface area contributed by atoms with E-state index in [1.807, 2.05) is 0 Å². The van der Waals surface area contributed by atoms with Crippen LogP contribution in [0, 0.1) is 4.91 Å². The molecule has 7 nitrogen and oxygen atoms in total. The summed E-state index contributed by atoms with van der Waals surface area (Å²) in [4.78, 5) is 16.5. The highest BCUT2D eigenvalue weighted by atomic mass is 16.8. The van der Waals surface area contributed by atoms with Crippen molar-refractivity contribution in [3.05, 3.63) is 4.91 Å². The summed E-state index contributed by atoms with van der Waals surface area (Å²) in [5.41, 5.74) is 2.20. The third kappa shape index (κ3) is 3.53. The predicted octanol–water partition coefficient (Wildman–Crippen LogP) is -1.37. The highest BCUT2D eigenvalue weighted by Crippen LogP contribution is 1.90. The van der Waals surface area contributed by atoms with E-state index in [1.165, 1.54) is 7.11 Å². The van der Waals surface area contributed by atoms with Crippen molar-refractivity contribution < 1.29 is 14.6 Å². The fourth-order valence-corrected chi connectivity index (χ4v) is 1.03. The van der Waals surface area contributed by atoms with Crippen LogP contribution in [0.2, 0.25) is 0 Å². The van der Waals surface area contributed by atoms with Crippen molar-refractivity contribution in [3.63, 3.8) is 0 Å². The van der Waals surface area contributed by atoms with Crippen molar-refractivity contribution in [1.29, 1.82) is 0 Å². The first-order chi connectivity index (χ1) is 6.34. The number of nitrogens with one attached hydrogen (secondary N) is 2. The molecule has 0 aromatic rings. The minimum absolute atomic E-state index is 0.0465. The first-order valence-corrected chi connectivity index (χ1v) is 4.14. The Bertz CT molecular complexity index is 160. The zero-order valence-corrected chi connectivity index (χ0v) is 7.65. The average molecular weight is 191 g/mol. The number of nitrogens with zero attached hydrogens (tertiary/aromatic N) is 2. The Balaban J connectivity index is 2.13. The molecule has 0 spiro atoms. The lowest BCUT2D eigenvalue weighted by atomic mass is 10.4. The Morgan fingerprint density at radius 1 is 1.54 bits per heavy atom. The van der Waals surface area contributed by atoms with Gasteiger partial charge in [0.25, 0.3) is 4.98 Å². The van der Waals surface area contributed by atoms with Crippen LogP contribution in [0.4, 0.5) is 0 Å². The minimum Gasteiger partial charge on any atom is -0.356 e. The molecule has 0 aromatic heterocycles. The molecule has 0 bridgehead atoms. The SMILES string of the molecule is COCON[N+](=O)N1CCNCC1. The van der Waals surface area contributed by atoms with Crippen LogP contribution in [-0.4, -0.2) is 50.1 Å². The predicted molar refractivity (Wildman–Crippen MR) is 44.2 cm³/mol. The summed E-state index contributed by atoms with van der Waals surface area (Å²) in [6.07, 6.45) is 0. The standard InChI is InChI=1S/C6H15N4O3/c1-12-6-13-8-10(11)9-4-2-7-3-5-9/h7H,2-6H2,1H3,(H,8,11)/q+1. The lowest BCUT2D eigenvalue weighted by Gasteiger charge is -2.18. The van der Waals surface area contributed by atoms with Crippen molar-refractivity contribution in [3.8, 4) is 0 Å². The molecule has 1 heterocycles. The van der Waals surface area contributed by atoms with Crippen LogP contribution in [0.15, 0.2) is 0 Å². The molecule has 0 saturated carbocycles. The van der Waals surface area contributed by atoms with Gasteiger partial charge in [-0.05, 0) is 0 Å². The van der Waals surface area contributed by atoms with Crippen LogP contribution in [0.5, 0.6) is 0 Å². The number of nitroso groups, excluding NO2 is 1. The second-order valence-corrected chi connectivity index (χ2v) is 2.62. The van der Waals surface area contributed by atoms with Gasteiger partial charge in [0.05, 0.1) is 18.0 Å². The Morgan fingerprint density at radius 2 is 2.23 bits per heavy atom. The maximum atomic E-state index is 11.2. The summed E-state index contributed by atoms with van der Waals surface area (Å²) >= 11 is 0. The highest BCUT2D eigenvalue weighted by molar-refractivity contribution is 4.58. The third-order valence-corrected chi connectivity index (χ3v) is 1.67. The van der Waals surface area contributed by atoms with Crippen LogP contribution in [0.25, 0.3) is 0 Å². The van der Waals surface area contributed by atoms with Crippen molar-refractivity contribution in [2.75, 3.05) is 40.1 Å². The lowest BCUT2D eigenvalue weighted by molar-refractivity contribution is -0.790. The molecule has 1 aliphatic heterocycles. The summed E-state index contributed by atoms with van der Waals surface area (Å²) in [5, 5.41) is 4.74. The first kappa shape index (κ1) is 10.2. The fraction of sp³-hybridized carbons (Fsp3) is 1.00. The molecule has 0 radical (unpaired) electrons. The fourth-order valence-electron chi connectivity index (χ4n) is 1.03. The number of hydrogen-bond donors (Lipinski definition) is 2. The molecule has 0 atom stereocenters. The van der Waals surface area contributed by atoms with E-state index >= 15 is 0 Å². The number of hydrazine groups is 2. The Hall–Kier alpha value is -0.920. The van der Waals surface area contributed by atoms with E-state index < -0.39 is 0 Å². The summed E-state index contributed by atoms with van der Waals surface area (Å²) < 4.78 is 4.60. The molecule has 0 amide bonds. The van der Waals surface area contributed by atoms with Gasteiger partial charge in [0, 0.05) is 25.8 Å². The van der Waals surface area contributed by atoms with Gasteiger partial charge in [-0.2, -0.15) is 4.84 Å². The zero-order chi connectivity index (χ0) is 9.52. The molecule has 76 valence electrons. The third-order valence-electron chi connectivity index (χ3n) is 1.67. The average Bonchev–Trinajstić information content (AvgIpc) is 2.19. The van der Waals surface area contributed by atoms with Crippen molar-refractivity contribution >= 4 is 0 Å². The van der Waals surface area contributed by atoms with Gasteiger partial charge in [-0.3, -0.25) is 0 Å². The summed E-state index contributed by atoms with van der Waals surface area (Å²) in [7, 11) is 1.49. The van der Waals surface area contributed by atoms with Crippen LogP contribution >= 0.6 is 0 Å². The smallest absolute Gasteiger partial charge is 0.274 e. The zero-order valence-electron chi connectivity index (χ0n) is 7.65. The molecular weight excluding hydrogens is 176 g/mol. The van der Waals surface area contributed by atoms with Crippen molar-refractivity contribution in [2.45, 2.75) is 0 Å². The second-order valence-electron chi connectivity index (χ2n) is 2.62. The van der Waals surface area contributed by atoms with E-state index in [4.69, 9.17) is 0 Å². The molecule has 7 heteroatoms. The Kier molecular flexibility index (Phi) is 4.44. The van der Waals surface area contributed by atoms with Crippen LogP contribution in [0.3, 0.4) is 0 Å². The molecule has 1 fully saturated rings. The maximum Gasteiger partial charge on any atom is 0.274 e. The topological polar surface area (TPSA) is 65.8 Å². The van der Waals surface area contributed by atoms with Gasteiger partial charge >= 0.3 is 0 Å². The van der Waals surface area contributed by atoms with E-state index in [1.54, 1.807) is 5.01 Å². The van der Waals surface area contributed by atoms with Gasteiger partial charge in [0.2, 0.25) is 0 Å². The number of piperazine rings is 1. The van der Waals surface area contributed by atoms with Crippen molar-refractivity contribution in [1.82, 2.24) is 15.9 Å².